The predicted molar refractivity (Wildman–Crippen MR) is 113 cm³/mol. The fourth-order valence-electron chi connectivity index (χ4n) is 2.85. The molecule has 0 spiro atoms. The molecule has 0 amide bonds. The molecule has 0 saturated heterocycles. The predicted octanol–water partition coefficient (Wildman–Crippen LogP) is 5.86. The van der Waals surface area contributed by atoms with E-state index in [0.717, 1.165) is 5.56 Å². The Balaban J connectivity index is 1.92. The highest BCUT2D eigenvalue weighted by atomic mass is 35.5. The van der Waals surface area contributed by atoms with Gasteiger partial charge in [-0.05, 0) is 60.2 Å². The molecule has 0 bridgehead atoms. The molecular weight excluding hydrogens is 379 g/mol. The third-order valence-electron chi connectivity index (χ3n) is 4.18. The lowest BCUT2D eigenvalue weighted by Gasteiger charge is -2.11. The highest BCUT2D eigenvalue weighted by Crippen LogP contribution is 2.18. The van der Waals surface area contributed by atoms with Gasteiger partial charge in [-0.2, -0.15) is 0 Å². The first kappa shape index (κ1) is 17.5. The van der Waals surface area contributed by atoms with Crippen molar-refractivity contribution in [2.75, 3.05) is 0 Å². The zero-order valence-corrected chi connectivity index (χ0v) is 15.7. The summed E-state index contributed by atoms with van der Waals surface area (Å²) in [5.74, 6) is 0.538. The first-order chi connectivity index (χ1) is 13.1. The fourth-order valence-corrected chi connectivity index (χ4v) is 3.10. The number of benzene rings is 3. The average molecular weight is 393 g/mol. The van der Waals surface area contributed by atoms with E-state index in [1.807, 2.05) is 54.6 Å². The van der Waals surface area contributed by atoms with Crippen molar-refractivity contribution < 1.29 is 0 Å². The van der Waals surface area contributed by atoms with Crippen LogP contribution in [0.15, 0.2) is 77.6 Å². The molecule has 4 rings (SSSR count). The zero-order chi connectivity index (χ0) is 18.8. The summed E-state index contributed by atoms with van der Waals surface area (Å²) in [4.78, 5) is 17.8. The number of nitrogens with zero attached hydrogens (tertiary/aromatic N) is 2. The minimum atomic E-state index is -0.126. The van der Waals surface area contributed by atoms with Gasteiger partial charge < -0.3 is 0 Å². The molecule has 0 aliphatic carbocycles. The topological polar surface area (TPSA) is 34.9 Å². The number of halogens is 2. The molecule has 0 unspecified atom stereocenters. The van der Waals surface area contributed by atoms with E-state index in [9.17, 15) is 4.79 Å². The molecule has 0 radical (unpaired) electrons. The fraction of sp³-hybridized carbons (Fsp3) is 0. The average Bonchev–Trinajstić information content (AvgIpc) is 2.69. The van der Waals surface area contributed by atoms with E-state index in [1.54, 1.807) is 34.9 Å². The highest BCUT2D eigenvalue weighted by molar-refractivity contribution is 6.30. The number of hydrogen-bond acceptors (Lipinski definition) is 2. The Morgan fingerprint density at radius 1 is 0.778 bits per heavy atom. The lowest BCUT2D eigenvalue weighted by atomic mass is 10.2. The van der Waals surface area contributed by atoms with Crippen molar-refractivity contribution in [2.45, 2.75) is 0 Å². The maximum Gasteiger partial charge on any atom is 0.266 e. The summed E-state index contributed by atoms with van der Waals surface area (Å²) in [6, 6.07) is 21.9. The van der Waals surface area contributed by atoms with Crippen LogP contribution in [0.2, 0.25) is 10.0 Å². The van der Waals surface area contributed by atoms with E-state index in [1.165, 1.54) is 0 Å². The molecule has 1 heterocycles. The first-order valence-electron chi connectivity index (χ1n) is 8.33. The van der Waals surface area contributed by atoms with Crippen LogP contribution in [0.4, 0.5) is 0 Å². The Morgan fingerprint density at radius 2 is 1.41 bits per heavy atom. The van der Waals surface area contributed by atoms with Gasteiger partial charge in [0.1, 0.15) is 5.82 Å². The Hall–Kier alpha value is -2.88. The SMILES string of the molecule is O=c1c2ccccc2nc(/C=C/c2ccc(Cl)cc2)n1-c1ccc(Cl)cc1. The second-order valence-corrected chi connectivity index (χ2v) is 6.86. The third kappa shape index (κ3) is 3.65. The summed E-state index contributed by atoms with van der Waals surface area (Å²) in [7, 11) is 0. The van der Waals surface area contributed by atoms with Crippen LogP contribution in [0, 0.1) is 0 Å². The number of aromatic nitrogens is 2. The molecule has 0 atom stereocenters. The summed E-state index contributed by atoms with van der Waals surface area (Å²) in [6.45, 7) is 0. The minimum absolute atomic E-state index is 0.126. The van der Waals surface area contributed by atoms with Crippen molar-refractivity contribution in [3.05, 3.63) is 105 Å². The molecule has 3 nitrogen and oxygen atoms in total. The zero-order valence-electron chi connectivity index (χ0n) is 14.1. The second-order valence-electron chi connectivity index (χ2n) is 5.99. The molecule has 132 valence electrons. The number of fused-ring (bicyclic) bond motifs is 1. The Bertz CT molecular complexity index is 1190. The molecule has 0 saturated carbocycles. The third-order valence-corrected chi connectivity index (χ3v) is 4.69. The minimum Gasteiger partial charge on any atom is -0.268 e. The summed E-state index contributed by atoms with van der Waals surface area (Å²) < 4.78 is 1.59. The molecule has 0 N–H and O–H groups in total. The normalized spacial score (nSPS) is 11.3. The van der Waals surface area contributed by atoms with Gasteiger partial charge in [-0.1, -0.05) is 53.5 Å². The van der Waals surface area contributed by atoms with Crippen LogP contribution in [0.25, 0.3) is 28.7 Å². The van der Waals surface area contributed by atoms with Gasteiger partial charge in [0, 0.05) is 10.0 Å². The quantitative estimate of drug-likeness (QED) is 0.437. The van der Waals surface area contributed by atoms with Crippen molar-refractivity contribution in [3.8, 4) is 5.69 Å². The van der Waals surface area contributed by atoms with Gasteiger partial charge in [-0.3, -0.25) is 9.36 Å². The van der Waals surface area contributed by atoms with E-state index >= 15 is 0 Å². The molecular formula is C22H14Cl2N2O. The van der Waals surface area contributed by atoms with Gasteiger partial charge in [0.05, 0.1) is 16.6 Å². The van der Waals surface area contributed by atoms with Gasteiger partial charge in [0.2, 0.25) is 0 Å². The van der Waals surface area contributed by atoms with Crippen LogP contribution in [0.5, 0.6) is 0 Å². The summed E-state index contributed by atoms with van der Waals surface area (Å²) in [5.41, 5.74) is 2.20. The molecule has 3 aromatic carbocycles. The van der Waals surface area contributed by atoms with Crippen LogP contribution < -0.4 is 5.56 Å². The highest BCUT2D eigenvalue weighted by Gasteiger charge is 2.10. The van der Waals surface area contributed by atoms with Crippen molar-refractivity contribution in [3.63, 3.8) is 0 Å². The Labute approximate surface area is 166 Å². The summed E-state index contributed by atoms with van der Waals surface area (Å²) in [6.07, 6.45) is 3.73. The van der Waals surface area contributed by atoms with Gasteiger partial charge in [-0.15, -0.1) is 0 Å². The lowest BCUT2D eigenvalue weighted by molar-refractivity contribution is 0.944. The maximum atomic E-state index is 13.1. The first-order valence-corrected chi connectivity index (χ1v) is 9.09. The van der Waals surface area contributed by atoms with E-state index in [2.05, 4.69) is 4.98 Å². The monoisotopic (exact) mass is 392 g/mol. The van der Waals surface area contributed by atoms with Crippen LogP contribution in [0.1, 0.15) is 11.4 Å². The molecule has 27 heavy (non-hydrogen) atoms. The number of para-hydroxylation sites is 1. The second kappa shape index (κ2) is 7.39. The molecule has 1 aromatic heterocycles. The van der Waals surface area contributed by atoms with Crippen LogP contribution in [-0.2, 0) is 0 Å². The van der Waals surface area contributed by atoms with Crippen molar-refractivity contribution in [2.24, 2.45) is 0 Å². The van der Waals surface area contributed by atoms with Gasteiger partial charge in [0.25, 0.3) is 5.56 Å². The standard InChI is InChI=1S/C22H14Cl2N2O/c23-16-8-5-15(6-9-16)7-14-21-25-20-4-2-1-3-19(20)22(27)26(21)18-12-10-17(24)11-13-18/h1-14H/b14-7+. The largest absolute Gasteiger partial charge is 0.268 e. The van der Waals surface area contributed by atoms with Crippen LogP contribution in [-0.4, -0.2) is 9.55 Å². The van der Waals surface area contributed by atoms with E-state index in [4.69, 9.17) is 23.2 Å². The van der Waals surface area contributed by atoms with Crippen molar-refractivity contribution in [1.82, 2.24) is 9.55 Å². The Morgan fingerprint density at radius 3 is 2.11 bits per heavy atom. The molecule has 0 aliphatic heterocycles. The van der Waals surface area contributed by atoms with Gasteiger partial charge >= 0.3 is 0 Å². The number of hydrogen-bond donors (Lipinski definition) is 0. The van der Waals surface area contributed by atoms with Crippen LogP contribution >= 0.6 is 23.2 Å². The molecule has 5 heteroatoms. The van der Waals surface area contributed by atoms with Crippen molar-refractivity contribution >= 4 is 46.3 Å². The van der Waals surface area contributed by atoms with E-state index in [0.29, 0.717) is 32.5 Å². The maximum absolute atomic E-state index is 13.1. The smallest absolute Gasteiger partial charge is 0.266 e. The number of rotatable bonds is 3. The Kier molecular flexibility index (Phi) is 4.80. The molecule has 0 fully saturated rings. The van der Waals surface area contributed by atoms with E-state index < -0.39 is 0 Å². The molecule has 0 aliphatic rings. The van der Waals surface area contributed by atoms with Gasteiger partial charge in [0.15, 0.2) is 0 Å². The molecule has 4 aromatic rings. The van der Waals surface area contributed by atoms with Gasteiger partial charge in [-0.25, -0.2) is 4.98 Å². The van der Waals surface area contributed by atoms with E-state index in [-0.39, 0.29) is 5.56 Å². The lowest BCUT2D eigenvalue weighted by Crippen LogP contribution is -2.22. The summed E-state index contributed by atoms with van der Waals surface area (Å²) >= 11 is 11.9. The summed E-state index contributed by atoms with van der Waals surface area (Å²) in [5, 5.41) is 1.85. The van der Waals surface area contributed by atoms with Crippen LogP contribution in [0.3, 0.4) is 0 Å². The van der Waals surface area contributed by atoms with Crippen molar-refractivity contribution in [1.29, 1.82) is 0 Å².